The average Bonchev–Trinajstić information content (AvgIpc) is 2.18. The lowest BCUT2D eigenvalue weighted by Crippen LogP contribution is -2.35. The van der Waals surface area contributed by atoms with Crippen molar-refractivity contribution < 1.29 is 66.9 Å². The molecule has 0 heterocycles. The molecule has 84 heavy (non-hydrogen) atoms. The second-order valence-corrected chi connectivity index (χ2v) is 22.1. The number of unbranched alkanes of at least 4 members (excludes halogenated alkanes) is 16. The lowest BCUT2D eigenvalue weighted by Gasteiger charge is -2.28. The van der Waals surface area contributed by atoms with Crippen LogP contribution in [0.1, 0.15) is 245 Å². The van der Waals surface area contributed by atoms with Gasteiger partial charge >= 0.3 is 23.9 Å². The molecule has 2 unspecified atom stereocenters. The maximum Gasteiger partial charge on any atom is 0.336 e. The molecule has 1 fully saturated rings. The molecule has 1 N–H and O–H groups in total. The van der Waals surface area contributed by atoms with E-state index >= 15 is 0 Å². The minimum Gasteiger partial charge on any atom is -0.490 e. The van der Waals surface area contributed by atoms with Gasteiger partial charge in [0.15, 0.2) is 23.0 Å². The fourth-order valence-corrected chi connectivity index (χ4v) is 9.91. The zero-order chi connectivity index (χ0) is 60.6. The molecule has 0 radical (unpaired) electrons. The van der Waals surface area contributed by atoms with Crippen LogP contribution in [-0.2, 0) is 28.7 Å². The van der Waals surface area contributed by atoms with E-state index in [9.17, 15) is 24.3 Å². The molecule has 0 spiro atoms. The highest BCUT2D eigenvalue weighted by atomic mass is 16.6. The van der Waals surface area contributed by atoms with Crippen LogP contribution in [0.15, 0.2) is 60.7 Å². The molecular formula is C70H104O14. The van der Waals surface area contributed by atoms with E-state index in [2.05, 4.69) is 34.6 Å². The van der Waals surface area contributed by atoms with Crippen LogP contribution >= 0.6 is 0 Å². The molecule has 14 heteroatoms. The number of esters is 4. The van der Waals surface area contributed by atoms with Gasteiger partial charge in [-0.1, -0.05) is 163 Å². The van der Waals surface area contributed by atoms with Gasteiger partial charge in [0.25, 0.3) is 0 Å². The van der Waals surface area contributed by atoms with Gasteiger partial charge in [-0.25, -0.2) is 9.59 Å². The van der Waals surface area contributed by atoms with Crippen molar-refractivity contribution in [1.29, 1.82) is 0 Å². The van der Waals surface area contributed by atoms with Crippen LogP contribution in [0.5, 0.6) is 40.2 Å². The van der Waals surface area contributed by atoms with Crippen LogP contribution in [-0.4, -0.2) is 75.2 Å². The third-order valence-electron chi connectivity index (χ3n) is 15.1. The number of ether oxygens (including phenoxy) is 9. The fraction of sp³-hybridized carbons (Fsp3) is 0.629. The Kier molecular flexibility index (Phi) is 35.2. The Balaban J connectivity index is 1.58. The molecule has 0 amide bonds. The summed E-state index contributed by atoms with van der Waals surface area (Å²) in [5.41, 5.74) is 0.810. The van der Waals surface area contributed by atoms with Gasteiger partial charge in [-0.3, -0.25) is 9.59 Å². The van der Waals surface area contributed by atoms with E-state index in [1.807, 2.05) is 32.0 Å². The topological polar surface area (TPSA) is 172 Å². The average molecular weight is 1170 g/mol. The molecule has 0 bridgehead atoms. The highest BCUT2D eigenvalue weighted by molar-refractivity contribution is 5.91. The third-order valence-corrected chi connectivity index (χ3v) is 15.1. The summed E-state index contributed by atoms with van der Waals surface area (Å²) in [6, 6.07) is 13.6. The van der Waals surface area contributed by atoms with Gasteiger partial charge in [0.2, 0.25) is 5.75 Å². The van der Waals surface area contributed by atoms with Crippen molar-refractivity contribution in [3.63, 3.8) is 0 Å². The molecule has 468 valence electrons. The first kappa shape index (κ1) is 70.5. The van der Waals surface area contributed by atoms with Gasteiger partial charge in [-0.05, 0) is 119 Å². The fourth-order valence-electron chi connectivity index (χ4n) is 9.91. The van der Waals surface area contributed by atoms with Crippen LogP contribution in [0.4, 0.5) is 0 Å². The van der Waals surface area contributed by atoms with Crippen LogP contribution in [0, 0.1) is 11.3 Å². The normalized spacial score (nSPS) is 13.3. The van der Waals surface area contributed by atoms with Crippen molar-refractivity contribution in [3.05, 3.63) is 77.4 Å². The second-order valence-electron chi connectivity index (χ2n) is 22.1. The first-order valence-electron chi connectivity index (χ1n) is 32.4. The summed E-state index contributed by atoms with van der Waals surface area (Å²) in [7, 11) is 0. The molecule has 0 aromatic heterocycles. The summed E-state index contributed by atoms with van der Waals surface area (Å²) in [5, 5.41) is 10.1. The monoisotopic (exact) mass is 1170 g/mol. The first-order chi connectivity index (χ1) is 41.0. The van der Waals surface area contributed by atoms with Gasteiger partial charge < -0.3 is 47.7 Å². The van der Waals surface area contributed by atoms with Crippen molar-refractivity contribution in [2.45, 2.75) is 228 Å². The van der Waals surface area contributed by atoms with Gasteiger partial charge in [-0.2, -0.15) is 0 Å². The zero-order valence-electron chi connectivity index (χ0n) is 52.4. The van der Waals surface area contributed by atoms with Crippen molar-refractivity contribution in [2.75, 3.05) is 46.2 Å². The largest absolute Gasteiger partial charge is 0.490 e. The van der Waals surface area contributed by atoms with E-state index in [4.69, 9.17) is 42.6 Å². The van der Waals surface area contributed by atoms with Crippen molar-refractivity contribution >= 4 is 36.0 Å². The minimum atomic E-state index is -0.987. The maximum atomic E-state index is 14.3. The van der Waals surface area contributed by atoms with E-state index in [-0.39, 0.29) is 24.1 Å². The van der Waals surface area contributed by atoms with Crippen LogP contribution in [0.25, 0.3) is 12.2 Å². The number of aliphatic hydroxyl groups is 1. The highest BCUT2D eigenvalue weighted by Crippen LogP contribution is 2.56. The Morgan fingerprint density at radius 1 is 0.476 bits per heavy atom. The number of rotatable bonds is 48. The Bertz CT molecular complexity index is 2400. The summed E-state index contributed by atoms with van der Waals surface area (Å²) in [5.74, 6) is 0.265. The Morgan fingerprint density at radius 2 is 0.905 bits per heavy atom. The number of carbonyl (C=O) groups excluding carboxylic acids is 4. The van der Waals surface area contributed by atoms with Crippen molar-refractivity contribution in [3.8, 4) is 40.2 Å². The molecule has 1 aliphatic rings. The number of aliphatic hydroxyl groups excluding tert-OH is 1. The number of hydrogen-bond donors (Lipinski definition) is 1. The predicted molar refractivity (Wildman–Crippen MR) is 333 cm³/mol. The molecular weight excluding hydrogens is 1060 g/mol. The van der Waals surface area contributed by atoms with Crippen LogP contribution in [0.3, 0.4) is 0 Å². The third kappa shape index (κ3) is 24.9. The van der Waals surface area contributed by atoms with E-state index in [1.54, 1.807) is 42.5 Å². The molecule has 3 aromatic rings. The predicted octanol–water partition coefficient (Wildman–Crippen LogP) is 17.2. The summed E-state index contributed by atoms with van der Waals surface area (Å²) in [6.07, 6.45) is 29.2. The molecule has 1 aliphatic carbocycles. The zero-order valence-corrected chi connectivity index (χ0v) is 52.4. The summed E-state index contributed by atoms with van der Waals surface area (Å²) < 4.78 is 55.9. The lowest BCUT2D eigenvalue weighted by molar-refractivity contribution is -0.167. The molecule has 4 rings (SSSR count). The number of carbonyl (C=O) groups is 4. The van der Waals surface area contributed by atoms with Crippen LogP contribution < -0.4 is 33.2 Å². The Hall–Kier alpha value is -6.02. The molecule has 0 aliphatic heterocycles. The van der Waals surface area contributed by atoms with E-state index in [1.165, 1.54) is 12.2 Å². The van der Waals surface area contributed by atoms with E-state index < -0.39 is 35.3 Å². The molecule has 0 saturated heterocycles. The van der Waals surface area contributed by atoms with E-state index in [0.717, 1.165) is 141 Å². The molecule has 14 nitrogen and oxygen atoms in total. The molecule has 2 atom stereocenters. The van der Waals surface area contributed by atoms with Gasteiger partial charge in [0, 0.05) is 35.4 Å². The Morgan fingerprint density at radius 3 is 1.35 bits per heavy atom. The quantitative estimate of drug-likeness (QED) is 0.0245. The standard InChI is InChI=1S/C70H104O14/c1-8-15-21-26-49-76-61-42-34-55(65(78-51-28-23-17-10-3)67(61)80-53-30-25-19-12-5)36-44-63(73)83-57-39-37-56(38-40-57)82-62(72)43-35-54-33-41-58(66(79-52-29-24-18-11-4)64(54)77-50-27-22-16-9-2)60(32-31-47-71)84-69(75)70(45-46-70)59(14-7)68(74)81-48-20-13-6/h33-44,59-60,71H,8-32,45-53H2,1-7H3/b43-35+,44-36+. The number of benzene rings is 3. The van der Waals surface area contributed by atoms with Gasteiger partial charge in [0.1, 0.15) is 17.6 Å². The van der Waals surface area contributed by atoms with Crippen molar-refractivity contribution in [2.24, 2.45) is 11.3 Å². The van der Waals surface area contributed by atoms with E-state index in [0.29, 0.717) is 117 Å². The molecule has 3 aromatic carbocycles. The lowest BCUT2D eigenvalue weighted by atomic mass is 9.86. The van der Waals surface area contributed by atoms with Gasteiger partial charge in [0.05, 0.1) is 51.0 Å². The summed E-state index contributed by atoms with van der Waals surface area (Å²) >= 11 is 0. The number of hydrogen-bond acceptors (Lipinski definition) is 14. The first-order valence-corrected chi connectivity index (χ1v) is 32.4. The Labute approximate surface area is 504 Å². The van der Waals surface area contributed by atoms with Crippen LogP contribution in [0.2, 0.25) is 0 Å². The summed E-state index contributed by atoms with van der Waals surface area (Å²) in [4.78, 5) is 54.6. The SMILES string of the molecule is CCCCCCOc1ccc(/C=C/C(=O)Oc2ccc(OC(=O)/C=C/c3ccc(C(CCCO)OC(=O)C4(C(CC)C(=O)OCCCC)CC4)c(OCCCCCC)c3OCCCCCC)cc2)c(OCCCCCC)c1OCCCCCC. The molecule has 1 saturated carbocycles. The summed E-state index contributed by atoms with van der Waals surface area (Å²) in [6.45, 7) is 17.3. The maximum absolute atomic E-state index is 14.3. The highest BCUT2D eigenvalue weighted by Gasteiger charge is 2.60. The minimum absolute atomic E-state index is 0.124. The van der Waals surface area contributed by atoms with Gasteiger partial charge in [-0.15, -0.1) is 0 Å². The smallest absolute Gasteiger partial charge is 0.336 e. The van der Waals surface area contributed by atoms with Crippen molar-refractivity contribution in [1.82, 2.24) is 0 Å². The second kappa shape index (κ2) is 41.9.